The van der Waals surface area contributed by atoms with Crippen LogP contribution in [-0.4, -0.2) is 73.4 Å². The van der Waals surface area contributed by atoms with Gasteiger partial charge in [0.1, 0.15) is 17.3 Å². The third-order valence-electron chi connectivity index (χ3n) is 9.45. The molecule has 3 unspecified atom stereocenters. The fraction of sp³-hybridized carbons (Fsp3) is 0.567. The van der Waals surface area contributed by atoms with E-state index in [1.807, 2.05) is 24.3 Å². The highest BCUT2D eigenvalue weighted by Crippen LogP contribution is 2.55. The molecule has 3 atom stereocenters. The van der Waals surface area contributed by atoms with Crippen molar-refractivity contribution >= 4 is 23.3 Å². The maximum atomic E-state index is 13.3. The van der Waals surface area contributed by atoms with Gasteiger partial charge in [-0.2, -0.15) is 0 Å². The van der Waals surface area contributed by atoms with E-state index < -0.39 is 5.60 Å². The number of carbonyl (C=O) groups is 2. The molecule has 0 spiro atoms. The average Bonchev–Trinajstić information content (AvgIpc) is 2.93. The van der Waals surface area contributed by atoms with E-state index in [9.17, 15) is 14.7 Å². The minimum atomic E-state index is -0.508. The number of pyridine rings is 1. The molecule has 3 N–H and O–H groups in total. The molecule has 1 saturated heterocycles. The van der Waals surface area contributed by atoms with E-state index in [2.05, 4.69) is 27.4 Å². The number of nitrogens with one attached hydrogen (secondary N) is 2. The summed E-state index contributed by atoms with van der Waals surface area (Å²) in [4.78, 5) is 34.8. The molecule has 0 radical (unpaired) electrons. The summed E-state index contributed by atoms with van der Waals surface area (Å²) in [6, 6.07) is 11.7. The number of piperazine rings is 1. The quantitative estimate of drug-likeness (QED) is 0.524. The first-order valence-corrected chi connectivity index (χ1v) is 14.2. The number of hydrogen-bond acceptors (Lipinski definition) is 7. The third-order valence-corrected chi connectivity index (χ3v) is 9.45. The summed E-state index contributed by atoms with van der Waals surface area (Å²) in [5.41, 5.74) is 1.46. The number of nitrogens with zero attached hydrogens (tertiary/aromatic N) is 3. The number of benzene rings is 1. The summed E-state index contributed by atoms with van der Waals surface area (Å²) in [6.07, 6.45) is 4.77. The summed E-state index contributed by atoms with van der Waals surface area (Å²) in [5.74, 6) is 2.41. The van der Waals surface area contributed by atoms with Gasteiger partial charge < -0.3 is 30.3 Å². The molecule has 1 aromatic carbocycles. The van der Waals surface area contributed by atoms with E-state index in [-0.39, 0.29) is 23.9 Å². The number of rotatable bonds is 6. The van der Waals surface area contributed by atoms with Crippen molar-refractivity contribution in [2.75, 3.05) is 43.6 Å². The molecule has 39 heavy (non-hydrogen) atoms. The van der Waals surface area contributed by atoms with Crippen LogP contribution in [0.4, 0.5) is 11.5 Å². The molecule has 7 rings (SSSR count). The largest absolute Gasteiger partial charge is 0.496 e. The summed E-state index contributed by atoms with van der Waals surface area (Å²) < 4.78 is 5.49. The van der Waals surface area contributed by atoms with Crippen molar-refractivity contribution in [3.05, 3.63) is 47.7 Å². The fourth-order valence-electron chi connectivity index (χ4n) is 7.88. The van der Waals surface area contributed by atoms with Gasteiger partial charge >= 0.3 is 0 Å². The van der Waals surface area contributed by atoms with E-state index in [0.29, 0.717) is 34.8 Å². The Labute approximate surface area is 229 Å². The minimum Gasteiger partial charge on any atom is -0.496 e. The molecular formula is C30H39N5O4. The summed E-state index contributed by atoms with van der Waals surface area (Å²) >= 11 is 0. The maximum absolute atomic E-state index is 13.3. The SMILES string of the molecule is CNC(=O)c1ccc(N2CCN(c3cccc(C(=O)NC4C5CC6CC4CC(O)(C6)C5)n3)C(C)C2)cc1OC. The topological polar surface area (TPSA) is 107 Å². The summed E-state index contributed by atoms with van der Waals surface area (Å²) in [6.45, 7) is 4.47. The Morgan fingerprint density at radius 2 is 1.85 bits per heavy atom. The number of aromatic nitrogens is 1. The second-order valence-electron chi connectivity index (χ2n) is 12.0. The van der Waals surface area contributed by atoms with Crippen molar-refractivity contribution in [1.29, 1.82) is 0 Å². The molecule has 1 aromatic heterocycles. The van der Waals surface area contributed by atoms with Gasteiger partial charge in [-0.1, -0.05) is 6.07 Å². The Morgan fingerprint density at radius 1 is 1.08 bits per heavy atom. The van der Waals surface area contributed by atoms with Crippen LogP contribution in [0.1, 0.15) is 59.9 Å². The maximum Gasteiger partial charge on any atom is 0.270 e. The number of hydrogen-bond donors (Lipinski definition) is 3. The van der Waals surface area contributed by atoms with Gasteiger partial charge in [-0.05, 0) is 81.0 Å². The molecule has 4 aliphatic carbocycles. The number of methoxy groups -OCH3 is 1. The highest BCUT2D eigenvalue weighted by molar-refractivity contribution is 5.97. The number of carbonyl (C=O) groups excluding carboxylic acids is 2. The van der Waals surface area contributed by atoms with Gasteiger partial charge in [0.15, 0.2) is 0 Å². The molecule has 2 aromatic rings. The van der Waals surface area contributed by atoms with Crippen LogP contribution in [0.3, 0.4) is 0 Å². The van der Waals surface area contributed by atoms with Crippen molar-refractivity contribution in [1.82, 2.24) is 15.6 Å². The number of amides is 2. The summed E-state index contributed by atoms with van der Waals surface area (Å²) in [5, 5.41) is 16.8. The Hall–Kier alpha value is -3.33. The van der Waals surface area contributed by atoms with E-state index >= 15 is 0 Å². The minimum absolute atomic E-state index is 0.115. The number of ether oxygens (including phenoxy) is 1. The van der Waals surface area contributed by atoms with Gasteiger partial charge in [-0.3, -0.25) is 9.59 Å². The molecule has 4 saturated carbocycles. The first-order valence-electron chi connectivity index (χ1n) is 14.2. The van der Waals surface area contributed by atoms with E-state index in [0.717, 1.165) is 63.2 Å². The molecular weight excluding hydrogens is 494 g/mol. The first-order chi connectivity index (χ1) is 18.8. The van der Waals surface area contributed by atoms with Crippen LogP contribution < -0.4 is 25.2 Å². The Morgan fingerprint density at radius 3 is 2.51 bits per heavy atom. The molecule has 208 valence electrons. The van der Waals surface area contributed by atoms with Gasteiger partial charge in [0.2, 0.25) is 0 Å². The zero-order valence-electron chi connectivity index (χ0n) is 23.0. The molecule has 2 amide bonds. The molecule has 9 nitrogen and oxygen atoms in total. The smallest absolute Gasteiger partial charge is 0.270 e. The Kier molecular flexibility index (Phi) is 6.65. The highest BCUT2D eigenvalue weighted by Gasteiger charge is 2.55. The molecule has 2 heterocycles. The predicted molar refractivity (Wildman–Crippen MR) is 149 cm³/mol. The van der Waals surface area contributed by atoms with Gasteiger partial charge in [0, 0.05) is 50.5 Å². The molecule has 9 heteroatoms. The normalized spacial score (nSPS) is 31.2. The van der Waals surface area contributed by atoms with E-state index in [1.165, 1.54) is 0 Å². The predicted octanol–water partition coefficient (Wildman–Crippen LogP) is 2.83. The Balaban J connectivity index is 1.12. The third kappa shape index (κ3) is 4.81. The van der Waals surface area contributed by atoms with Crippen LogP contribution in [0.2, 0.25) is 0 Å². The fourth-order valence-corrected chi connectivity index (χ4v) is 7.88. The van der Waals surface area contributed by atoms with E-state index in [4.69, 9.17) is 9.72 Å². The molecule has 5 fully saturated rings. The standard InChI is InChI=1S/C30H39N5O4/c1-18-17-34(22-7-8-23(28(36)31-2)25(13-22)39-3)9-10-35(18)26-6-4-5-24(32-26)29(37)33-27-20-11-19-12-21(27)16-30(38,14-19)15-20/h4-8,13,18-21,27,38H,9-12,14-17H2,1-3H3,(H,31,36)(H,33,37). The van der Waals surface area contributed by atoms with Crippen molar-refractivity contribution in [3.63, 3.8) is 0 Å². The van der Waals surface area contributed by atoms with Crippen LogP contribution in [0.15, 0.2) is 36.4 Å². The zero-order valence-corrected chi connectivity index (χ0v) is 23.0. The zero-order chi connectivity index (χ0) is 27.3. The van der Waals surface area contributed by atoms with Crippen molar-refractivity contribution in [2.45, 2.75) is 56.7 Å². The second kappa shape index (κ2) is 10.0. The lowest BCUT2D eigenvalue weighted by molar-refractivity contribution is -0.136. The van der Waals surface area contributed by atoms with Gasteiger partial charge in [0.05, 0.1) is 18.3 Å². The highest BCUT2D eigenvalue weighted by atomic mass is 16.5. The number of aliphatic hydroxyl groups is 1. The lowest BCUT2D eigenvalue weighted by Gasteiger charge is -2.58. The monoisotopic (exact) mass is 533 g/mol. The average molecular weight is 534 g/mol. The lowest BCUT2D eigenvalue weighted by Crippen LogP contribution is -2.61. The van der Waals surface area contributed by atoms with Crippen LogP contribution in [0.5, 0.6) is 5.75 Å². The van der Waals surface area contributed by atoms with Gasteiger partial charge in [-0.25, -0.2) is 4.98 Å². The Bertz CT molecular complexity index is 1250. The van der Waals surface area contributed by atoms with Crippen LogP contribution in [0, 0.1) is 17.8 Å². The van der Waals surface area contributed by atoms with Crippen LogP contribution >= 0.6 is 0 Å². The molecule has 1 aliphatic heterocycles. The summed E-state index contributed by atoms with van der Waals surface area (Å²) in [7, 11) is 3.18. The number of anilines is 2. The van der Waals surface area contributed by atoms with Crippen LogP contribution in [0.25, 0.3) is 0 Å². The molecule has 4 bridgehead atoms. The van der Waals surface area contributed by atoms with Crippen LogP contribution in [-0.2, 0) is 0 Å². The van der Waals surface area contributed by atoms with Crippen molar-refractivity contribution in [2.24, 2.45) is 17.8 Å². The lowest BCUT2D eigenvalue weighted by atomic mass is 9.52. The first kappa shape index (κ1) is 25.9. The second-order valence-corrected chi connectivity index (χ2v) is 12.0. The van der Waals surface area contributed by atoms with Crippen molar-refractivity contribution in [3.8, 4) is 5.75 Å². The van der Waals surface area contributed by atoms with E-state index in [1.54, 1.807) is 26.3 Å². The van der Waals surface area contributed by atoms with Gasteiger partial charge in [0.25, 0.3) is 11.8 Å². The van der Waals surface area contributed by atoms with Crippen molar-refractivity contribution < 1.29 is 19.4 Å². The van der Waals surface area contributed by atoms with Gasteiger partial charge in [-0.15, -0.1) is 0 Å². The molecule has 5 aliphatic rings.